The van der Waals surface area contributed by atoms with Crippen LogP contribution >= 0.6 is 0 Å². The number of halogens is 3. The summed E-state index contributed by atoms with van der Waals surface area (Å²) in [5.74, 6) is -0.954. The average molecular weight is 296 g/mol. The molecule has 5 nitrogen and oxygen atoms in total. The number of carboxylic acids is 1. The molecule has 1 rings (SSSR count). The Morgan fingerprint density at radius 1 is 1.40 bits per heavy atom. The number of carboxylic acid groups (broad SMARTS) is 1. The van der Waals surface area contributed by atoms with Gasteiger partial charge in [0.15, 0.2) is 0 Å². The Labute approximate surface area is 115 Å². The van der Waals surface area contributed by atoms with E-state index in [0.29, 0.717) is 19.3 Å². The number of carbonyl (C=O) groups is 2. The van der Waals surface area contributed by atoms with Gasteiger partial charge in [0.1, 0.15) is 0 Å². The monoisotopic (exact) mass is 296 g/mol. The van der Waals surface area contributed by atoms with Crippen LogP contribution in [0.1, 0.15) is 32.6 Å². The highest BCUT2D eigenvalue weighted by atomic mass is 19.4. The molecule has 0 radical (unpaired) electrons. The van der Waals surface area contributed by atoms with Crippen molar-refractivity contribution in [2.45, 2.75) is 38.8 Å². The van der Waals surface area contributed by atoms with Gasteiger partial charge in [-0.1, -0.05) is 13.3 Å². The number of nitrogens with one attached hydrogen (secondary N) is 1. The van der Waals surface area contributed by atoms with Gasteiger partial charge in [0.2, 0.25) is 0 Å². The van der Waals surface area contributed by atoms with Crippen LogP contribution in [0.2, 0.25) is 0 Å². The van der Waals surface area contributed by atoms with Crippen molar-refractivity contribution < 1.29 is 27.9 Å². The van der Waals surface area contributed by atoms with Crippen LogP contribution in [0, 0.1) is 5.41 Å². The fourth-order valence-electron chi connectivity index (χ4n) is 2.43. The number of hydrogen-bond donors (Lipinski definition) is 2. The maximum Gasteiger partial charge on any atom is 0.390 e. The predicted octanol–water partition coefficient (Wildman–Crippen LogP) is 2.23. The van der Waals surface area contributed by atoms with Crippen LogP contribution in [0.3, 0.4) is 0 Å². The zero-order valence-electron chi connectivity index (χ0n) is 11.3. The summed E-state index contributed by atoms with van der Waals surface area (Å²) in [6, 6.07) is -0.631. The third kappa shape index (κ3) is 4.28. The van der Waals surface area contributed by atoms with E-state index in [1.54, 1.807) is 0 Å². The Kier molecular flexibility index (Phi) is 5.24. The van der Waals surface area contributed by atoms with Crippen molar-refractivity contribution in [3.63, 3.8) is 0 Å². The minimum Gasteiger partial charge on any atom is -0.481 e. The molecule has 1 heterocycles. The standard InChI is InChI=1S/C12H19F3N2O3/c1-2-3-11(9(18)19)5-7-17(8-11)10(20)16-6-4-12(13,14)15/h2-8H2,1H3,(H,16,20)(H,18,19). The van der Waals surface area contributed by atoms with E-state index in [-0.39, 0.29) is 13.1 Å². The first-order valence-electron chi connectivity index (χ1n) is 6.53. The second-order valence-corrected chi connectivity index (χ2v) is 5.10. The summed E-state index contributed by atoms with van der Waals surface area (Å²) < 4.78 is 35.9. The van der Waals surface area contributed by atoms with Gasteiger partial charge >= 0.3 is 18.2 Å². The number of carbonyl (C=O) groups excluding carboxylic acids is 1. The molecular weight excluding hydrogens is 277 g/mol. The van der Waals surface area contributed by atoms with Gasteiger partial charge < -0.3 is 15.3 Å². The van der Waals surface area contributed by atoms with Crippen molar-refractivity contribution in [2.75, 3.05) is 19.6 Å². The summed E-state index contributed by atoms with van der Waals surface area (Å²) in [7, 11) is 0. The van der Waals surface area contributed by atoms with E-state index in [9.17, 15) is 27.9 Å². The molecule has 0 spiro atoms. The molecule has 1 aliphatic heterocycles. The van der Waals surface area contributed by atoms with E-state index in [4.69, 9.17) is 0 Å². The van der Waals surface area contributed by atoms with E-state index in [1.165, 1.54) is 4.90 Å². The summed E-state index contributed by atoms with van der Waals surface area (Å²) >= 11 is 0. The maximum atomic E-state index is 12.0. The van der Waals surface area contributed by atoms with Crippen molar-refractivity contribution in [3.8, 4) is 0 Å². The minimum absolute atomic E-state index is 0.0496. The molecule has 8 heteroatoms. The zero-order chi connectivity index (χ0) is 15.4. The number of aliphatic carboxylic acids is 1. The lowest BCUT2D eigenvalue weighted by Gasteiger charge is -2.24. The topological polar surface area (TPSA) is 69.6 Å². The third-order valence-corrected chi connectivity index (χ3v) is 3.51. The molecule has 0 aromatic rings. The Morgan fingerprint density at radius 3 is 2.55 bits per heavy atom. The Bertz CT molecular complexity index is 373. The molecule has 0 saturated carbocycles. The zero-order valence-corrected chi connectivity index (χ0v) is 11.3. The summed E-state index contributed by atoms with van der Waals surface area (Å²) in [6.07, 6.45) is -3.94. The van der Waals surface area contributed by atoms with Gasteiger partial charge in [0.25, 0.3) is 0 Å². The van der Waals surface area contributed by atoms with Gasteiger partial charge in [-0.3, -0.25) is 4.79 Å². The van der Waals surface area contributed by atoms with Gasteiger partial charge in [0.05, 0.1) is 11.8 Å². The van der Waals surface area contributed by atoms with Crippen molar-refractivity contribution >= 4 is 12.0 Å². The smallest absolute Gasteiger partial charge is 0.390 e. The van der Waals surface area contributed by atoms with Crippen LogP contribution in [0.4, 0.5) is 18.0 Å². The van der Waals surface area contributed by atoms with Crippen LogP contribution in [0.5, 0.6) is 0 Å². The van der Waals surface area contributed by atoms with Crippen LogP contribution in [0.25, 0.3) is 0 Å². The van der Waals surface area contributed by atoms with Gasteiger partial charge in [-0.15, -0.1) is 0 Å². The second kappa shape index (κ2) is 6.32. The molecule has 1 atom stereocenters. The molecular formula is C12H19F3N2O3. The van der Waals surface area contributed by atoms with Gasteiger partial charge in [-0.25, -0.2) is 4.79 Å². The summed E-state index contributed by atoms with van der Waals surface area (Å²) in [4.78, 5) is 24.3. The first-order valence-corrected chi connectivity index (χ1v) is 6.53. The number of rotatable bonds is 5. The molecule has 1 fully saturated rings. The van der Waals surface area contributed by atoms with Gasteiger partial charge in [-0.2, -0.15) is 13.2 Å². The molecule has 0 aromatic carbocycles. The summed E-state index contributed by atoms with van der Waals surface area (Å²) in [5.41, 5.74) is -0.962. The normalized spacial score (nSPS) is 22.9. The van der Waals surface area contributed by atoms with Crippen LogP contribution in [-0.2, 0) is 4.79 Å². The quantitative estimate of drug-likeness (QED) is 0.817. The maximum absolute atomic E-state index is 12.0. The highest BCUT2D eigenvalue weighted by Crippen LogP contribution is 2.35. The first kappa shape index (κ1) is 16.6. The molecule has 2 amide bonds. The Hall–Kier alpha value is -1.47. The lowest BCUT2D eigenvalue weighted by molar-refractivity contribution is -0.148. The van der Waals surface area contributed by atoms with Crippen LogP contribution < -0.4 is 5.32 Å². The van der Waals surface area contributed by atoms with E-state index in [2.05, 4.69) is 5.32 Å². The highest BCUT2D eigenvalue weighted by Gasteiger charge is 2.45. The SMILES string of the molecule is CCCC1(C(=O)O)CCN(C(=O)NCCC(F)(F)F)C1. The third-order valence-electron chi connectivity index (χ3n) is 3.51. The molecule has 2 N–H and O–H groups in total. The lowest BCUT2D eigenvalue weighted by atomic mass is 9.83. The number of urea groups is 1. The average Bonchev–Trinajstić information content (AvgIpc) is 2.73. The molecule has 0 bridgehead atoms. The van der Waals surface area contributed by atoms with Crippen molar-refractivity contribution in [1.29, 1.82) is 0 Å². The minimum atomic E-state index is -4.31. The number of hydrogen-bond acceptors (Lipinski definition) is 2. The molecule has 116 valence electrons. The molecule has 1 unspecified atom stereocenters. The van der Waals surface area contributed by atoms with E-state index in [1.807, 2.05) is 6.92 Å². The molecule has 20 heavy (non-hydrogen) atoms. The van der Waals surface area contributed by atoms with E-state index >= 15 is 0 Å². The number of nitrogens with zero attached hydrogens (tertiary/aromatic N) is 1. The van der Waals surface area contributed by atoms with E-state index < -0.39 is 36.6 Å². The van der Waals surface area contributed by atoms with Crippen LogP contribution in [0.15, 0.2) is 0 Å². The summed E-state index contributed by atoms with van der Waals surface area (Å²) in [6.45, 7) is 1.67. The van der Waals surface area contributed by atoms with Crippen molar-refractivity contribution in [3.05, 3.63) is 0 Å². The fourth-order valence-corrected chi connectivity index (χ4v) is 2.43. The van der Waals surface area contributed by atoms with Gasteiger partial charge in [-0.05, 0) is 12.8 Å². The lowest BCUT2D eigenvalue weighted by Crippen LogP contribution is -2.42. The fraction of sp³-hybridized carbons (Fsp3) is 0.833. The van der Waals surface area contributed by atoms with Crippen molar-refractivity contribution in [2.24, 2.45) is 5.41 Å². The first-order chi connectivity index (χ1) is 9.20. The number of alkyl halides is 3. The molecule has 0 aromatic heterocycles. The molecule has 0 aliphatic carbocycles. The second-order valence-electron chi connectivity index (χ2n) is 5.10. The Morgan fingerprint density at radius 2 is 2.05 bits per heavy atom. The van der Waals surface area contributed by atoms with Crippen molar-refractivity contribution in [1.82, 2.24) is 10.2 Å². The largest absolute Gasteiger partial charge is 0.481 e. The number of amides is 2. The highest BCUT2D eigenvalue weighted by molar-refractivity contribution is 5.79. The number of likely N-dealkylation sites (tertiary alicyclic amines) is 1. The van der Waals surface area contributed by atoms with Gasteiger partial charge in [0, 0.05) is 19.6 Å². The predicted molar refractivity (Wildman–Crippen MR) is 65.2 cm³/mol. The molecule has 1 aliphatic rings. The Balaban J connectivity index is 2.50. The molecule has 1 saturated heterocycles. The van der Waals surface area contributed by atoms with Crippen LogP contribution in [-0.4, -0.2) is 47.8 Å². The van der Waals surface area contributed by atoms with E-state index in [0.717, 1.165) is 0 Å². The summed E-state index contributed by atoms with van der Waals surface area (Å²) in [5, 5.41) is 11.4.